The molecule has 4 heterocycles. The first-order valence-electron chi connectivity index (χ1n) is 8.29. The second-order valence-corrected chi connectivity index (χ2v) is 6.24. The lowest BCUT2D eigenvalue weighted by Gasteiger charge is -2.10. The fourth-order valence-corrected chi connectivity index (χ4v) is 3.31. The van der Waals surface area contributed by atoms with Crippen molar-refractivity contribution in [2.24, 2.45) is 0 Å². The molecular formula is C19H14FN5O. The van der Waals surface area contributed by atoms with Crippen molar-refractivity contribution in [3.05, 3.63) is 59.8 Å². The number of hydrogen-bond donors (Lipinski definition) is 3. The third kappa shape index (κ3) is 2.28. The van der Waals surface area contributed by atoms with Gasteiger partial charge in [-0.1, -0.05) is 0 Å². The summed E-state index contributed by atoms with van der Waals surface area (Å²) in [7, 11) is 0. The van der Waals surface area contributed by atoms with Gasteiger partial charge in [-0.05, 0) is 30.3 Å². The number of nitrogens with one attached hydrogen (secondary N) is 3. The van der Waals surface area contributed by atoms with E-state index in [1.807, 2.05) is 6.07 Å². The van der Waals surface area contributed by atoms with E-state index in [4.69, 9.17) is 0 Å². The van der Waals surface area contributed by atoms with Crippen LogP contribution in [-0.2, 0) is 6.42 Å². The number of amides is 1. The number of nitrogens with zero attached hydrogens (tertiary/aromatic N) is 2. The van der Waals surface area contributed by atoms with E-state index in [0.29, 0.717) is 29.2 Å². The molecule has 0 saturated carbocycles. The summed E-state index contributed by atoms with van der Waals surface area (Å²) < 4.78 is 14.5. The predicted octanol–water partition coefficient (Wildman–Crippen LogP) is 3.05. The number of aromatic amines is 2. The van der Waals surface area contributed by atoms with E-state index in [0.717, 1.165) is 28.7 Å². The van der Waals surface area contributed by atoms with Gasteiger partial charge in [-0.25, -0.2) is 14.4 Å². The third-order valence-corrected chi connectivity index (χ3v) is 4.62. The largest absolute Gasteiger partial charge is 0.361 e. The number of benzene rings is 1. The normalized spacial score (nSPS) is 13.7. The molecule has 0 fully saturated rings. The van der Waals surface area contributed by atoms with Crippen LogP contribution < -0.4 is 5.32 Å². The van der Waals surface area contributed by atoms with Gasteiger partial charge in [-0.2, -0.15) is 0 Å². The summed E-state index contributed by atoms with van der Waals surface area (Å²) in [5, 5.41) is 3.61. The minimum absolute atomic E-state index is 0.0914. The van der Waals surface area contributed by atoms with Crippen molar-refractivity contribution in [2.45, 2.75) is 6.42 Å². The SMILES string of the molecule is O=C1NCCc2[nH]c(-c3ccnc(-c4cc5[nH]ccc5cc4F)n3)cc21. The number of H-pyrrole nitrogens is 2. The number of hydrogen-bond acceptors (Lipinski definition) is 3. The van der Waals surface area contributed by atoms with Crippen molar-refractivity contribution in [3.8, 4) is 22.8 Å². The number of rotatable bonds is 2. The molecule has 1 aromatic carbocycles. The molecular weight excluding hydrogens is 333 g/mol. The lowest BCUT2D eigenvalue weighted by atomic mass is 10.1. The summed E-state index contributed by atoms with van der Waals surface area (Å²) in [5.74, 6) is -0.167. The van der Waals surface area contributed by atoms with Crippen LogP contribution in [0.25, 0.3) is 33.7 Å². The van der Waals surface area contributed by atoms with E-state index >= 15 is 0 Å². The van der Waals surface area contributed by atoms with E-state index in [2.05, 4.69) is 25.3 Å². The maximum Gasteiger partial charge on any atom is 0.253 e. The molecule has 5 rings (SSSR count). The molecule has 0 saturated heterocycles. The van der Waals surface area contributed by atoms with Crippen LogP contribution in [0.5, 0.6) is 0 Å². The van der Waals surface area contributed by atoms with Crippen LogP contribution >= 0.6 is 0 Å². The Bertz CT molecular complexity index is 1160. The highest BCUT2D eigenvalue weighted by Crippen LogP contribution is 2.27. The van der Waals surface area contributed by atoms with Crippen molar-refractivity contribution < 1.29 is 9.18 Å². The van der Waals surface area contributed by atoms with Crippen LogP contribution in [0, 0.1) is 5.82 Å². The summed E-state index contributed by atoms with van der Waals surface area (Å²) in [6, 6.07) is 8.50. The molecule has 0 radical (unpaired) electrons. The van der Waals surface area contributed by atoms with E-state index in [1.165, 1.54) is 6.07 Å². The molecule has 4 aromatic rings. The molecule has 26 heavy (non-hydrogen) atoms. The average Bonchev–Trinajstić information content (AvgIpc) is 3.28. The fourth-order valence-electron chi connectivity index (χ4n) is 3.31. The number of aromatic nitrogens is 4. The molecule has 0 atom stereocenters. The Morgan fingerprint density at radius 2 is 2.04 bits per heavy atom. The van der Waals surface area contributed by atoms with Crippen molar-refractivity contribution in [1.82, 2.24) is 25.3 Å². The van der Waals surface area contributed by atoms with E-state index < -0.39 is 0 Å². The Morgan fingerprint density at radius 3 is 2.92 bits per heavy atom. The second kappa shape index (κ2) is 5.52. The Morgan fingerprint density at radius 1 is 1.12 bits per heavy atom. The zero-order chi connectivity index (χ0) is 17.7. The first-order valence-corrected chi connectivity index (χ1v) is 8.29. The molecule has 1 aliphatic rings. The lowest BCUT2D eigenvalue weighted by molar-refractivity contribution is 0.0946. The number of halogens is 1. The summed E-state index contributed by atoms with van der Waals surface area (Å²) in [5.41, 5.74) is 4.01. The zero-order valence-electron chi connectivity index (χ0n) is 13.6. The molecule has 0 aliphatic carbocycles. The summed E-state index contributed by atoms with van der Waals surface area (Å²) in [4.78, 5) is 27.0. The van der Waals surface area contributed by atoms with Gasteiger partial charge in [0.05, 0.1) is 22.5 Å². The van der Waals surface area contributed by atoms with E-state index in [9.17, 15) is 9.18 Å². The van der Waals surface area contributed by atoms with Crippen LogP contribution in [0.1, 0.15) is 16.1 Å². The molecule has 128 valence electrons. The maximum atomic E-state index is 14.5. The monoisotopic (exact) mass is 347 g/mol. The van der Waals surface area contributed by atoms with Crippen molar-refractivity contribution >= 4 is 16.8 Å². The molecule has 6 nitrogen and oxygen atoms in total. The Hall–Kier alpha value is -3.48. The highest BCUT2D eigenvalue weighted by atomic mass is 19.1. The van der Waals surface area contributed by atoms with Gasteiger partial charge >= 0.3 is 0 Å². The minimum Gasteiger partial charge on any atom is -0.361 e. The molecule has 0 bridgehead atoms. The van der Waals surface area contributed by atoms with Gasteiger partial charge < -0.3 is 15.3 Å². The van der Waals surface area contributed by atoms with Gasteiger partial charge in [0.1, 0.15) is 5.82 Å². The molecule has 1 amide bonds. The van der Waals surface area contributed by atoms with Gasteiger partial charge in [0.2, 0.25) is 0 Å². The molecule has 7 heteroatoms. The second-order valence-electron chi connectivity index (χ2n) is 6.24. The van der Waals surface area contributed by atoms with Gasteiger partial charge in [0, 0.05) is 42.0 Å². The third-order valence-electron chi connectivity index (χ3n) is 4.62. The lowest BCUT2D eigenvalue weighted by Crippen LogP contribution is -2.31. The van der Waals surface area contributed by atoms with E-state index in [-0.39, 0.29) is 11.7 Å². The standard InChI is InChI=1S/C19H14FN5O/c20-13-7-10-1-4-21-16(10)8-11(13)18-22-5-3-15(25-18)17-9-12-14(24-17)2-6-23-19(12)26/h1,3-5,7-9,21,24H,2,6H2,(H,23,26). The summed E-state index contributed by atoms with van der Waals surface area (Å²) in [6.07, 6.45) is 4.10. The van der Waals surface area contributed by atoms with Gasteiger partial charge in [0.25, 0.3) is 5.91 Å². The molecule has 3 aromatic heterocycles. The van der Waals surface area contributed by atoms with Gasteiger partial charge in [-0.15, -0.1) is 0 Å². The predicted molar refractivity (Wildman–Crippen MR) is 95.1 cm³/mol. The molecule has 1 aliphatic heterocycles. The van der Waals surface area contributed by atoms with Crippen molar-refractivity contribution in [3.63, 3.8) is 0 Å². The molecule has 0 unspecified atom stereocenters. The highest BCUT2D eigenvalue weighted by Gasteiger charge is 2.21. The zero-order valence-corrected chi connectivity index (χ0v) is 13.6. The summed E-state index contributed by atoms with van der Waals surface area (Å²) in [6.45, 7) is 0.613. The van der Waals surface area contributed by atoms with Gasteiger partial charge in [-0.3, -0.25) is 4.79 Å². The topological polar surface area (TPSA) is 86.5 Å². The quantitative estimate of drug-likeness (QED) is 0.521. The Balaban J connectivity index is 1.61. The number of carbonyl (C=O) groups excluding carboxylic acids is 1. The maximum absolute atomic E-state index is 14.5. The summed E-state index contributed by atoms with van der Waals surface area (Å²) >= 11 is 0. The number of carbonyl (C=O) groups is 1. The van der Waals surface area contributed by atoms with Crippen molar-refractivity contribution in [1.29, 1.82) is 0 Å². The first-order chi connectivity index (χ1) is 12.7. The smallest absolute Gasteiger partial charge is 0.253 e. The van der Waals surface area contributed by atoms with Crippen LogP contribution in [0.3, 0.4) is 0 Å². The average molecular weight is 347 g/mol. The Kier molecular flexibility index (Phi) is 3.15. The highest BCUT2D eigenvalue weighted by molar-refractivity contribution is 5.97. The fraction of sp³-hybridized carbons (Fsp3) is 0.105. The van der Waals surface area contributed by atoms with Crippen LogP contribution in [-0.4, -0.2) is 32.4 Å². The number of fused-ring (bicyclic) bond motifs is 2. The van der Waals surface area contributed by atoms with Gasteiger partial charge in [0.15, 0.2) is 5.82 Å². The molecule has 0 spiro atoms. The van der Waals surface area contributed by atoms with E-state index in [1.54, 1.807) is 30.6 Å². The minimum atomic E-state index is -0.376. The van der Waals surface area contributed by atoms with Crippen molar-refractivity contribution in [2.75, 3.05) is 6.54 Å². The Labute approximate surface area is 147 Å². The first kappa shape index (κ1) is 14.8. The molecule has 3 N–H and O–H groups in total. The van der Waals surface area contributed by atoms with Crippen LogP contribution in [0.4, 0.5) is 4.39 Å². The van der Waals surface area contributed by atoms with Crippen LogP contribution in [0.2, 0.25) is 0 Å². The van der Waals surface area contributed by atoms with Crippen LogP contribution in [0.15, 0.2) is 42.7 Å².